The van der Waals surface area contributed by atoms with Gasteiger partial charge in [-0.15, -0.1) is 0 Å². The fraction of sp³-hybridized carbons (Fsp3) is 0.370. The topological polar surface area (TPSA) is 120 Å². The molecule has 0 bridgehead atoms. The molecule has 1 aromatic heterocycles. The molecular formula is C27H29F3N4O5S2. The Balaban J connectivity index is 1.60. The summed E-state index contributed by atoms with van der Waals surface area (Å²) >= 11 is 0.921. The van der Waals surface area contributed by atoms with E-state index in [4.69, 9.17) is 0 Å². The van der Waals surface area contributed by atoms with E-state index >= 15 is 0 Å². The van der Waals surface area contributed by atoms with Crippen LogP contribution in [-0.2, 0) is 34.0 Å². The van der Waals surface area contributed by atoms with E-state index in [-0.39, 0.29) is 36.0 Å². The highest BCUT2D eigenvalue weighted by molar-refractivity contribution is 7.89. The molecule has 0 spiro atoms. The Hall–Kier alpha value is -3.49. The number of sulfonamides is 1. The number of thiazole rings is 1. The van der Waals surface area contributed by atoms with E-state index in [0.29, 0.717) is 23.0 Å². The predicted octanol–water partition coefficient (Wildman–Crippen LogP) is 4.32. The van der Waals surface area contributed by atoms with Crippen molar-refractivity contribution in [3.63, 3.8) is 0 Å². The number of amides is 1. The smallest absolute Gasteiger partial charge is 0.416 e. The maximum atomic E-state index is 13.6. The second-order valence-electron chi connectivity index (χ2n) is 9.60. The molecule has 0 saturated carbocycles. The Morgan fingerprint density at radius 2 is 1.71 bits per heavy atom. The van der Waals surface area contributed by atoms with Crippen molar-refractivity contribution < 1.29 is 36.3 Å². The largest absolute Gasteiger partial charge is 0.477 e. The minimum absolute atomic E-state index is 0.0346. The molecule has 0 unspecified atom stereocenters. The summed E-state index contributed by atoms with van der Waals surface area (Å²) in [6.07, 6.45) is -2.73. The number of hydrogen-bond donors (Lipinski definition) is 2. The average Bonchev–Trinajstić information content (AvgIpc) is 3.34. The summed E-state index contributed by atoms with van der Waals surface area (Å²) in [6.45, 7) is 3.54. The van der Waals surface area contributed by atoms with Crippen molar-refractivity contribution in [3.05, 3.63) is 75.8 Å². The van der Waals surface area contributed by atoms with Crippen LogP contribution in [0.25, 0.3) is 0 Å². The molecule has 4 rings (SSSR count). The summed E-state index contributed by atoms with van der Waals surface area (Å²) in [5.74, 6) is -1.75. The quantitative estimate of drug-likeness (QED) is 0.371. The minimum atomic E-state index is -4.63. The molecule has 1 aliphatic heterocycles. The second kappa shape index (κ2) is 12.2. The first-order valence-electron chi connectivity index (χ1n) is 12.8. The summed E-state index contributed by atoms with van der Waals surface area (Å²) in [5, 5.41) is 12.5. The number of rotatable bonds is 9. The van der Waals surface area contributed by atoms with Gasteiger partial charge in [-0.2, -0.15) is 17.5 Å². The number of carboxylic acid groups (broad SMARTS) is 1. The first-order chi connectivity index (χ1) is 19.3. The van der Waals surface area contributed by atoms with Gasteiger partial charge in [0.2, 0.25) is 15.9 Å². The highest BCUT2D eigenvalue weighted by atomic mass is 32.2. The van der Waals surface area contributed by atoms with Crippen LogP contribution in [0.4, 0.5) is 18.3 Å². The summed E-state index contributed by atoms with van der Waals surface area (Å²) in [6, 6.07) is 9.54. The van der Waals surface area contributed by atoms with Gasteiger partial charge in [0.25, 0.3) is 0 Å². The fourth-order valence-electron chi connectivity index (χ4n) is 4.53. The molecular weight excluding hydrogens is 581 g/mol. The molecule has 1 aliphatic rings. The van der Waals surface area contributed by atoms with Gasteiger partial charge in [0.15, 0.2) is 5.13 Å². The number of aromatic nitrogens is 1. The van der Waals surface area contributed by atoms with E-state index in [1.165, 1.54) is 0 Å². The lowest BCUT2D eigenvalue weighted by Crippen LogP contribution is -2.60. The van der Waals surface area contributed by atoms with Gasteiger partial charge in [-0.1, -0.05) is 48.9 Å². The first-order valence-corrected chi connectivity index (χ1v) is 15.1. The SMILES string of the molecule is CCCc1ccc(CNC(=O)[C@H]2CN(c3nc(C)c(C(=O)O)s3)CCN2S(=O)(=O)c2ccc(C(F)(F)F)cc2)cc1. The van der Waals surface area contributed by atoms with Crippen LogP contribution in [0, 0.1) is 6.92 Å². The van der Waals surface area contributed by atoms with Gasteiger partial charge < -0.3 is 15.3 Å². The monoisotopic (exact) mass is 610 g/mol. The van der Waals surface area contributed by atoms with Crippen LogP contribution in [-0.4, -0.2) is 60.4 Å². The van der Waals surface area contributed by atoms with Crippen molar-refractivity contribution in [2.75, 3.05) is 24.5 Å². The number of carbonyl (C=O) groups excluding carboxylic acids is 1. The van der Waals surface area contributed by atoms with Gasteiger partial charge in [-0.25, -0.2) is 18.2 Å². The van der Waals surface area contributed by atoms with E-state index in [9.17, 15) is 36.3 Å². The molecule has 2 heterocycles. The predicted molar refractivity (Wildman–Crippen MR) is 147 cm³/mol. The molecule has 1 saturated heterocycles. The number of carboxylic acids is 1. The number of nitrogens with zero attached hydrogens (tertiary/aromatic N) is 3. The van der Waals surface area contributed by atoms with Crippen molar-refractivity contribution in [1.82, 2.24) is 14.6 Å². The lowest BCUT2D eigenvalue weighted by atomic mass is 10.1. The Kier molecular flexibility index (Phi) is 9.04. The summed E-state index contributed by atoms with van der Waals surface area (Å²) in [7, 11) is -4.37. The Bertz CT molecular complexity index is 1510. The van der Waals surface area contributed by atoms with Crippen molar-refractivity contribution in [3.8, 4) is 0 Å². The number of nitrogens with one attached hydrogen (secondary N) is 1. The molecule has 2 N–H and O–H groups in total. The lowest BCUT2D eigenvalue weighted by Gasteiger charge is -2.39. The summed E-state index contributed by atoms with van der Waals surface area (Å²) in [5.41, 5.74) is 1.27. The van der Waals surface area contributed by atoms with Crippen molar-refractivity contribution in [2.24, 2.45) is 0 Å². The van der Waals surface area contributed by atoms with Crippen molar-refractivity contribution in [1.29, 1.82) is 0 Å². The van der Waals surface area contributed by atoms with Gasteiger partial charge in [0, 0.05) is 26.2 Å². The molecule has 0 radical (unpaired) electrons. The van der Waals surface area contributed by atoms with E-state index in [0.717, 1.165) is 51.7 Å². The van der Waals surface area contributed by atoms with Gasteiger partial charge in [-0.3, -0.25) is 4.79 Å². The molecule has 1 fully saturated rings. The molecule has 1 amide bonds. The highest BCUT2D eigenvalue weighted by Gasteiger charge is 2.41. The van der Waals surface area contributed by atoms with Crippen LogP contribution in [0.1, 0.15) is 45.4 Å². The zero-order valence-electron chi connectivity index (χ0n) is 22.3. The fourth-order valence-corrected chi connectivity index (χ4v) is 7.04. The Morgan fingerprint density at radius 1 is 1.07 bits per heavy atom. The number of carbonyl (C=O) groups is 2. The number of benzene rings is 2. The van der Waals surface area contributed by atoms with Crippen molar-refractivity contribution >= 4 is 38.4 Å². The number of halogens is 3. The normalized spacial score (nSPS) is 16.5. The summed E-state index contributed by atoms with van der Waals surface area (Å²) in [4.78, 5) is 30.6. The third-order valence-corrected chi connectivity index (χ3v) is 9.83. The second-order valence-corrected chi connectivity index (χ2v) is 12.5. The zero-order valence-corrected chi connectivity index (χ0v) is 23.9. The molecule has 41 heavy (non-hydrogen) atoms. The maximum Gasteiger partial charge on any atom is 0.416 e. The number of aromatic carboxylic acids is 1. The third kappa shape index (κ3) is 6.88. The van der Waals surface area contributed by atoms with Crippen LogP contribution in [0.15, 0.2) is 53.4 Å². The molecule has 2 aromatic carbocycles. The van der Waals surface area contributed by atoms with Crippen LogP contribution < -0.4 is 10.2 Å². The molecule has 0 aliphatic carbocycles. The highest BCUT2D eigenvalue weighted by Crippen LogP contribution is 2.32. The standard InChI is InChI=1S/C27H29F3N4O5S2/c1-3-4-18-5-7-19(8-6-18)15-31-24(35)22-16-33(26-32-17(2)23(40-26)25(36)37)13-14-34(22)41(38,39)21-11-9-20(10-12-21)27(28,29)30/h5-12,22H,3-4,13-16H2,1-2H3,(H,31,35)(H,36,37)/t22-/m1/s1. The van der Waals surface area contributed by atoms with Gasteiger partial charge >= 0.3 is 12.1 Å². The molecule has 14 heteroatoms. The Morgan fingerprint density at radius 3 is 2.27 bits per heavy atom. The average molecular weight is 611 g/mol. The van der Waals surface area contributed by atoms with E-state index in [2.05, 4.69) is 17.2 Å². The number of piperazine rings is 1. The zero-order chi connectivity index (χ0) is 29.9. The van der Waals surface area contributed by atoms with Gasteiger partial charge in [0.1, 0.15) is 10.9 Å². The number of aryl methyl sites for hydroxylation is 2. The van der Waals surface area contributed by atoms with Crippen LogP contribution >= 0.6 is 11.3 Å². The molecule has 220 valence electrons. The molecule has 1 atom stereocenters. The summed E-state index contributed by atoms with van der Waals surface area (Å²) < 4.78 is 67.3. The molecule has 3 aromatic rings. The number of anilines is 1. The number of alkyl halides is 3. The van der Waals surface area contributed by atoms with Crippen LogP contribution in [0.3, 0.4) is 0 Å². The lowest BCUT2D eigenvalue weighted by molar-refractivity contribution is -0.137. The molecule has 9 nitrogen and oxygen atoms in total. The Labute approximate surface area is 239 Å². The van der Waals surface area contributed by atoms with Gasteiger partial charge in [-0.05, 0) is 48.7 Å². The minimum Gasteiger partial charge on any atom is -0.477 e. The third-order valence-electron chi connectivity index (χ3n) is 6.70. The number of hydrogen-bond acceptors (Lipinski definition) is 7. The van der Waals surface area contributed by atoms with E-state index < -0.39 is 39.7 Å². The van der Waals surface area contributed by atoms with Crippen LogP contribution in [0.2, 0.25) is 0 Å². The van der Waals surface area contributed by atoms with Gasteiger partial charge in [0.05, 0.1) is 16.2 Å². The van der Waals surface area contributed by atoms with E-state index in [1.807, 2.05) is 24.3 Å². The van der Waals surface area contributed by atoms with Crippen LogP contribution in [0.5, 0.6) is 0 Å². The van der Waals surface area contributed by atoms with E-state index in [1.54, 1.807) is 11.8 Å². The van der Waals surface area contributed by atoms with Crippen molar-refractivity contribution in [2.45, 2.75) is 50.3 Å². The first kappa shape index (κ1) is 30.5. The maximum absolute atomic E-state index is 13.6.